The summed E-state index contributed by atoms with van der Waals surface area (Å²) >= 11 is 0. The van der Waals surface area contributed by atoms with Crippen LogP contribution in [-0.4, -0.2) is 37.2 Å². The van der Waals surface area contributed by atoms with E-state index in [-0.39, 0.29) is 31.6 Å². The lowest BCUT2D eigenvalue weighted by molar-refractivity contribution is -0.166. The van der Waals surface area contributed by atoms with Gasteiger partial charge in [-0.2, -0.15) is 0 Å². The fraction of sp³-hybridized carbons (Fsp3) is 0.544. The van der Waals surface area contributed by atoms with Gasteiger partial charge < -0.3 is 14.2 Å². The molecule has 74 heavy (non-hydrogen) atoms. The average Bonchev–Trinajstić information content (AvgIpc) is 3.40. The van der Waals surface area contributed by atoms with E-state index in [1.807, 2.05) is 12.2 Å². The van der Waals surface area contributed by atoms with E-state index in [0.29, 0.717) is 19.3 Å². The molecule has 0 N–H and O–H groups in total. The number of hydrogen-bond donors (Lipinski definition) is 0. The van der Waals surface area contributed by atoms with Crippen molar-refractivity contribution in [3.8, 4) is 0 Å². The Balaban J connectivity index is 4.41. The molecule has 0 bridgehead atoms. The Kier molecular flexibility index (Phi) is 56.1. The summed E-state index contributed by atoms with van der Waals surface area (Å²) in [6.45, 7) is 6.27. The molecule has 0 aromatic heterocycles. The van der Waals surface area contributed by atoms with Crippen molar-refractivity contribution in [2.75, 3.05) is 13.2 Å². The molecule has 1 unspecified atom stereocenters. The van der Waals surface area contributed by atoms with Gasteiger partial charge >= 0.3 is 17.9 Å². The van der Waals surface area contributed by atoms with Crippen molar-refractivity contribution in [2.45, 2.75) is 226 Å². The SMILES string of the molecule is CC/C=C\C/C=C\C/C=C\C/C=C\C/C=C\C/C=C\C/C=C\C/C=C\CCCCCCC(=O)OCC(COC(=O)CCCCCCCCCC)OC(=O)CC/C=C\C/C=C\C/C=C\C/C=C\C/C=C\C/C=C\CC. The summed E-state index contributed by atoms with van der Waals surface area (Å²) in [5.74, 6) is -1.05. The molecule has 0 saturated heterocycles. The van der Waals surface area contributed by atoms with Gasteiger partial charge in [-0.15, -0.1) is 0 Å². The van der Waals surface area contributed by atoms with Crippen LogP contribution in [0.2, 0.25) is 0 Å². The second-order valence-corrected chi connectivity index (χ2v) is 18.4. The minimum Gasteiger partial charge on any atom is -0.462 e. The zero-order chi connectivity index (χ0) is 53.6. The summed E-state index contributed by atoms with van der Waals surface area (Å²) in [7, 11) is 0. The molecule has 1 atom stereocenters. The summed E-state index contributed by atoms with van der Waals surface area (Å²) in [6.07, 6.45) is 89.4. The van der Waals surface area contributed by atoms with Crippen molar-refractivity contribution in [2.24, 2.45) is 0 Å². The molecule has 0 aliphatic carbocycles. The van der Waals surface area contributed by atoms with E-state index in [2.05, 4.69) is 179 Å². The van der Waals surface area contributed by atoms with E-state index in [1.165, 1.54) is 32.1 Å². The zero-order valence-corrected chi connectivity index (χ0v) is 47.0. The maximum atomic E-state index is 12.8. The van der Waals surface area contributed by atoms with Gasteiger partial charge in [0.2, 0.25) is 0 Å². The number of carbonyl (C=O) groups is 3. The van der Waals surface area contributed by atoms with E-state index in [4.69, 9.17) is 14.2 Å². The molecule has 0 saturated carbocycles. The maximum absolute atomic E-state index is 12.8. The molecule has 0 spiro atoms. The molecule has 0 rings (SSSR count). The fourth-order valence-electron chi connectivity index (χ4n) is 7.19. The van der Waals surface area contributed by atoms with E-state index in [1.54, 1.807) is 0 Å². The summed E-state index contributed by atoms with van der Waals surface area (Å²) < 4.78 is 16.7. The van der Waals surface area contributed by atoms with Gasteiger partial charge in [0.15, 0.2) is 6.10 Å². The van der Waals surface area contributed by atoms with E-state index < -0.39 is 12.1 Å². The second kappa shape index (κ2) is 60.3. The normalized spacial score (nSPS) is 13.4. The molecule has 0 aliphatic rings. The van der Waals surface area contributed by atoms with Crippen LogP contribution >= 0.6 is 0 Å². The lowest BCUT2D eigenvalue weighted by atomic mass is 10.1. The van der Waals surface area contributed by atoms with Crippen LogP contribution in [0, 0.1) is 0 Å². The molecule has 412 valence electrons. The van der Waals surface area contributed by atoms with Crippen molar-refractivity contribution in [3.63, 3.8) is 0 Å². The fourth-order valence-corrected chi connectivity index (χ4v) is 7.19. The van der Waals surface area contributed by atoms with Crippen LogP contribution in [0.4, 0.5) is 0 Å². The largest absolute Gasteiger partial charge is 0.462 e. The Labute approximate surface area is 453 Å². The van der Waals surface area contributed by atoms with E-state index in [0.717, 1.165) is 141 Å². The molecule has 0 aliphatic heterocycles. The van der Waals surface area contributed by atoms with Crippen LogP contribution in [0.5, 0.6) is 0 Å². The summed E-state index contributed by atoms with van der Waals surface area (Å²) in [6, 6.07) is 0. The second-order valence-electron chi connectivity index (χ2n) is 18.4. The molecule has 0 heterocycles. The lowest BCUT2D eigenvalue weighted by Gasteiger charge is -2.18. The Morgan fingerprint density at radius 1 is 0.284 bits per heavy atom. The first kappa shape index (κ1) is 68.8. The van der Waals surface area contributed by atoms with Gasteiger partial charge in [-0.05, 0) is 122 Å². The van der Waals surface area contributed by atoms with Crippen LogP contribution in [0.1, 0.15) is 220 Å². The summed E-state index contributed by atoms with van der Waals surface area (Å²) in [4.78, 5) is 38.0. The number of rotatable bonds is 50. The van der Waals surface area contributed by atoms with E-state index >= 15 is 0 Å². The quantitative estimate of drug-likeness (QED) is 0.0261. The van der Waals surface area contributed by atoms with Crippen molar-refractivity contribution in [1.82, 2.24) is 0 Å². The third kappa shape index (κ3) is 57.7. The monoisotopic (exact) mass is 1020 g/mol. The molecule has 0 radical (unpaired) electrons. The van der Waals surface area contributed by atoms with Crippen LogP contribution < -0.4 is 0 Å². The van der Waals surface area contributed by atoms with Crippen molar-refractivity contribution < 1.29 is 28.6 Å². The Bertz CT molecular complexity index is 1740. The highest BCUT2D eigenvalue weighted by Gasteiger charge is 2.19. The number of hydrogen-bond acceptors (Lipinski definition) is 6. The number of allylic oxidation sites excluding steroid dienone is 28. The number of ether oxygens (including phenoxy) is 3. The topological polar surface area (TPSA) is 78.9 Å². The predicted molar refractivity (Wildman–Crippen MR) is 320 cm³/mol. The molecule has 0 aromatic rings. The Hall–Kier alpha value is -5.23. The minimum atomic E-state index is -0.836. The first-order valence-electron chi connectivity index (χ1n) is 29.1. The lowest BCUT2D eigenvalue weighted by Crippen LogP contribution is -2.30. The molecule has 0 fully saturated rings. The predicted octanol–water partition coefficient (Wildman–Crippen LogP) is 19.9. The average molecular weight is 1020 g/mol. The van der Waals surface area contributed by atoms with Gasteiger partial charge in [0.25, 0.3) is 0 Å². The first-order chi connectivity index (χ1) is 36.5. The smallest absolute Gasteiger partial charge is 0.306 e. The summed E-state index contributed by atoms with van der Waals surface area (Å²) in [5, 5.41) is 0. The molecular formula is C68H104O6. The summed E-state index contributed by atoms with van der Waals surface area (Å²) in [5.41, 5.74) is 0. The maximum Gasteiger partial charge on any atom is 0.306 e. The third-order valence-corrected chi connectivity index (χ3v) is 11.5. The number of esters is 3. The van der Waals surface area contributed by atoms with Gasteiger partial charge in [-0.25, -0.2) is 0 Å². The van der Waals surface area contributed by atoms with Gasteiger partial charge in [0, 0.05) is 19.3 Å². The Morgan fingerprint density at radius 2 is 0.554 bits per heavy atom. The van der Waals surface area contributed by atoms with Crippen molar-refractivity contribution in [3.05, 3.63) is 170 Å². The Morgan fingerprint density at radius 3 is 0.878 bits per heavy atom. The minimum absolute atomic E-state index is 0.123. The molecular weight excluding hydrogens is 913 g/mol. The van der Waals surface area contributed by atoms with Gasteiger partial charge in [-0.1, -0.05) is 249 Å². The van der Waals surface area contributed by atoms with Crippen LogP contribution in [-0.2, 0) is 28.6 Å². The third-order valence-electron chi connectivity index (χ3n) is 11.5. The van der Waals surface area contributed by atoms with Crippen LogP contribution in [0.3, 0.4) is 0 Å². The van der Waals surface area contributed by atoms with Gasteiger partial charge in [0.05, 0.1) is 0 Å². The van der Waals surface area contributed by atoms with Crippen molar-refractivity contribution in [1.29, 1.82) is 0 Å². The van der Waals surface area contributed by atoms with E-state index in [9.17, 15) is 14.4 Å². The molecule has 0 amide bonds. The first-order valence-corrected chi connectivity index (χ1v) is 29.1. The van der Waals surface area contributed by atoms with Gasteiger partial charge in [0.1, 0.15) is 13.2 Å². The standard InChI is InChI=1S/C68H104O6/c1-4-7-10-13-16-19-21-23-25-27-29-30-31-32-33-34-35-36-37-38-40-41-43-45-47-49-52-55-58-61-67(70)73-64-65(63-72-66(69)60-57-54-51-18-15-12-9-6-3)74-68(71)62-59-56-53-50-48-46-44-42-39-28-26-24-22-20-17-14-11-8-5-2/h7-8,10-11,16-17,19-20,23-26,29-30,32-33,35-36,38-40,42-43,45-46,48,53,56,65H,4-6,9,12-15,18,21-22,27-28,31,34,37,41,44,47,49-52,54-55,57-64H2,1-3H3/b10-7-,11-8-,19-16-,20-17-,25-23-,26-24-,30-29-,33-32-,36-35-,40-38-,42-39-,45-43-,48-46-,56-53-. The van der Waals surface area contributed by atoms with Crippen LogP contribution in [0.15, 0.2) is 170 Å². The highest BCUT2D eigenvalue weighted by molar-refractivity contribution is 5.71. The molecule has 6 heteroatoms. The highest BCUT2D eigenvalue weighted by atomic mass is 16.6. The van der Waals surface area contributed by atoms with Gasteiger partial charge in [-0.3, -0.25) is 14.4 Å². The molecule has 6 nitrogen and oxygen atoms in total. The molecule has 0 aromatic carbocycles. The number of carbonyl (C=O) groups excluding carboxylic acids is 3. The van der Waals surface area contributed by atoms with Crippen LogP contribution in [0.25, 0.3) is 0 Å². The highest BCUT2D eigenvalue weighted by Crippen LogP contribution is 2.12. The number of unbranched alkanes of at least 4 members (excludes halogenated alkanes) is 11. The zero-order valence-electron chi connectivity index (χ0n) is 47.0. The van der Waals surface area contributed by atoms with Crippen molar-refractivity contribution >= 4 is 17.9 Å².